The average molecular weight is 298 g/mol. The summed E-state index contributed by atoms with van der Waals surface area (Å²) in [4.78, 5) is 33.7. The highest BCUT2D eigenvalue weighted by molar-refractivity contribution is 6.39. The summed E-state index contributed by atoms with van der Waals surface area (Å²) >= 11 is 0. The van der Waals surface area contributed by atoms with Crippen molar-refractivity contribution < 1.29 is 19.1 Å². The van der Waals surface area contributed by atoms with Gasteiger partial charge in [0.05, 0.1) is 7.11 Å². The molecule has 0 bridgehead atoms. The van der Waals surface area contributed by atoms with Crippen LogP contribution in [0.4, 0.5) is 0 Å². The molecule has 0 aromatic heterocycles. The molecule has 0 aliphatic rings. The fraction of sp³-hybridized carbons (Fsp3) is 0.824. The molecule has 0 heterocycles. The van der Waals surface area contributed by atoms with Gasteiger partial charge in [0.15, 0.2) is 5.78 Å². The molecule has 0 saturated carbocycles. The van der Waals surface area contributed by atoms with Gasteiger partial charge in [-0.15, -0.1) is 0 Å². The van der Waals surface area contributed by atoms with E-state index in [0.717, 1.165) is 19.3 Å². The first kappa shape index (κ1) is 19.8. The van der Waals surface area contributed by atoms with Crippen LogP contribution in [0.2, 0.25) is 0 Å². The molecule has 122 valence electrons. The van der Waals surface area contributed by atoms with Crippen LogP contribution < -0.4 is 0 Å². The van der Waals surface area contributed by atoms with Crippen molar-refractivity contribution in [2.45, 2.75) is 84.0 Å². The van der Waals surface area contributed by atoms with Crippen molar-refractivity contribution >= 4 is 17.5 Å². The molecule has 0 aromatic carbocycles. The highest BCUT2D eigenvalue weighted by Gasteiger charge is 2.17. The van der Waals surface area contributed by atoms with Gasteiger partial charge in [-0.3, -0.25) is 14.4 Å². The number of carbonyl (C=O) groups is 3. The molecule has 0 saturated heterocycles. The van der Waals surface area contributed by atoms with Gasteiger partial charge in [-0.1, -0.05) is 64.7 Å². The summed E-state index contributed by atoms with van der Waals surface area (Å²) in [6, 6.07) is 0. The lowest BCUT2D eigenvalue weighted by Crippen LogP contribution is -2.18. The summed E-state index contributed by atoms with van der Waals surface area (Å²) in [6.45, 7) is 2.22. The van der Waals surface area contributed by atoms with Gasteiger partial charge < -0.3 is 4.74 Å². The first-order chi connectivity index (χ1) is 10.1. The number of unbranched alkanes of at least 4 members (excludes halogenated alkanes) is 9. The van der Waals surface area contributed by atoms with Gasteiger partial charge >= 0.3 is 5.97 Å². The summed E-state index contributed by atoms with van der Waals surface area (Å²) in [7, 11) is 1.21. The molecule has 0 fully saturated rings. The standard InChI is InChI=1S/C17H30O4/c1-3-4-5-6-7-8-9-10-11-12-13-15(18)16(19)14-17(20)21-2/h3-14H2,1-2H3. The lowest BCUT2D eigenvalue weighted by molar-refractivity contribution is -0.146. The third kappa shape index (κ3) is 12.3. The normalized spacial score (nSPS) is 10.4. The Morgan fingerprint density at radius 3 is 1.67 bits per heavy atom. The van der Waals surface area contributed by atoms with Crippen molar-refractivity contribution in [2.75, 3.05) is 7.11 Å². The largest absolute Gasteiger partial charge is 0.469 e. The molecule has 0 amide bonds. The molecule has 0 aliphatic carbocycles. The number of hydrogen-bond acceptors (Lipinski definition) is 4. The first-order valence-electron chi connectivity index (χ1n) is 8.24. The van der Waals surface area contributed by atoms with Crippen LogP contribution in [0.5, 0.6) is 0 Å². The van der Waals surface area contributed by atoms with Crippen LogP contribution >= 0.6 is 0 Å². The van der Waals surface area contributed by atoms with E-state index in [0.29, 0.717) is 0 Å². The molecule has 0 aromatic rings. The second kappa shape index (κ2) is 13.8. The van der Waals surface area contributed by atoms with E-state index in [-0.39, 0.29) is 6.42 Å². The van der Waals surface area contributed by atoms with Crippen LogP contribution in [-0.2, 0) is 19.1 Å². The second-order valence-electron chi connectivity index (χ2n) is 5.53. The van der Waals surface area contributed by atoms with Crippen LogP contribution in [0.15, 0.2) is 0 Å². The van der Waals surface area contributed by atoms with Gasteiger partial charge in [0, 0.05) is 6.42 Å². The van der Waals surface area contributed by atoms with Crippen LogP contribution in [0.25, 0.3) is 0 Å². The number of carbonyl (C=O) groups excluding carboxylic acids is 3. The molecule has 0 atom stereocenters. The quantitative estimate of drug-likeness (QED) is 0.210. The summed E-state index contributed by atoms with van der Waals surface area (Å²) < 4.78 is 4.36. The van der Waals surface area contributed by atoms with Crippen LogP contribution in [-0.4, -0.2) is 24.6 Å². The minimum absolute atomic E-state index is 0.256. The zero-order chi connectivity index (χ0) is 15.9. The third-order valence-electron chi connectivity index (χ3n) is 3.60. The maximum atomic E-state index is 11.5. The van der Waals surface area contributed by atoms with Gasteiger partial charge in [0.25, 0.3) is 0 Å². The molecule has 4 nitrogen and oxygen atoms in total. The van der Waals surface area contributed by atoms with Crippen molar-refractivity contribution in [1.82, 2.24) is 0 Å². The topological polar surface area (TPSA) is 60.4 Å². The van der Waals surface area contributed by atoms with Crippen molar-refractivity contribution in [3.8, 4) is 0 Å². The lowest BCUT2D eigenvalue weighted by Gasteiger charge is -2.02. The minimum atomic E-state index is -0.642. The zero-order valence-corrected chi connectivity index (χ0v) is 13.6. The number of Topliss-reactive ketones (excluding diaryl/α,β-unsaturated/α-hetero) is 2. The molecule has 0 rings (SSSR count). The Bertz CT molecular complexity index is 310. The van der Waals surface area contributed by atoms with E-state index in [1.54, 1.807) is 0 Å². The fourth-order valence-corrected chi connectivity index (χ4v) is 2.21. The Balaban J connectivity index is 3.40. The number of ketones is 2. The Morgan fingerprint density at radius 1 is 0.714 bits per heavy atom. The highest BCUT2D eigenvalue weighted by atomic mass is 16.5. The zero-order valence-electron chi connectivity index (χ0n) is 13.6. The molecule has 0 spiro atoms. The van der Waals surface area contributed by atoms with Crippen LogP contribution in [0.3, 0.4) is 0 Å². The Kier molecular flexibility index (Phi) is 13.0. The highest BCUT2D eigenvalue weighted by Crippen LogP contribution is 2.11. The number of methoxy groups -OCH3 is 1. The molecular formula is C17H30O4. The summed E-state index contributed by atoms with van der Waals surface area (Å²) in [6.07, 6.45) is 11.7. The SMILES string of the molecule is CCCCCCCCCCCCC(=O)C(=O)CC(=O)OC. The van der Waals surface area contributed by atoms with Crippen molar-refractivity contribution in [3.05, 3.63) is 0 Å². The Labute approximate surface area is 128 Å². The number of rotatable bonds is 14. The lowest BCUT2D eigenvalue weighted by atomic mass is 10.0. The smallest absolute Gasteiger partial charge is 0.313 e. The monoisotopic (exact) mass is 298 g/mol. The molecule has 0 aliphatic heterocycles. The molecule has 4 heteroatoms. The summed E-state index contributed by atoms with van der Waals surface area (Å²) in [5.74, 6) is -1.71. The Morgan fingerprint density at radius 2 is 1.19 bits per heavy atom. The minimum Gasteiger partial charge on any atom is -0.469 e. The van der Waals surface area contributed by atoms with E-state index >= 15 is 0 Å². The second-order valence-corrected chi connectivity index (χ2v) is 5.53. The summed E-state index contributed by atoms with van der Waals surface area (Å²) in [5, 5.41) is 0. The van der Waals surface area contributed by atoms with Crippen molar-refractivity contribution in [3.63, 3.8) is 0 Å². The predicted molar refractivity (Wildman–Crippen MR) is 83.1 cm³/mol. The third-order valence-corrected chi connectivity index (χ3v) is 3.60. The van der Waals surface area contributed by atoms with Gasteiger partial charge in [-0.05, 0) is 6.42 Å². The molecule has 0 radical (unpaired) electrons. The van der Waals surface area contributed by atoms with Crippen LogP contribution in [0, 0.1) is 0 Å². The maximum absolute atomic E-state index is 11.5. The van der Waals surface area contributed by atoms with E-state index in [1.165, 1.54) is 52.1 Å². The number of esters is 1. The number of ether oxygens (including phenoxy) is 1. The Hall–Kier alpha value is -1.19. The van der Waals surface area contributed by atoms with Crippen molar-refractivity contribution in [2.24, 2.45) is 0 Å². The van der Waals surface area contributed by atoms with Crippen molar-refractivity contribution in [1.29, 1.82) is 0 Å². The first-order valence-corrected chi connectivity index (χ1v) is 8.24. The van der Waals surface area contributed by atoms with Gasteiger partial charge in [-0.2, -0.15) is 0 Å². The fourth-order valence-electron chi connectivity index (χ4n) is 2.21. The van der Waals surface area contributed by atoms with E-state index in [4.69, 9.17) is 0 Å². The average Bonchev–Trinajstić information content (AvgIpc) is 2.48. The van der Waals surface area contributed by atoms with E-state index in [1.807, 2.05) is 0 Å². The maximum Gasteiger partial charge on any atom is 0.313 e. The number of hydrogen-bond donors (Lipinski definition) is 0. The van der Waals surface area contributed by atoms with Gasteiger partial charge in [-0.25, -0.2) is 0 Å². The predicted octanol–water partition coefficient (Wildman–Crippen LogP) is 4.00. The van der Waals surface area contributed by atoms with E-state index < -0.39 is 24.0 Å². The summed E-state index contributed by atoms with van der Waals surface area (Å²) in [5.41, 5.74) is 0. The van der Waals surface area contributed by atoms with Gasteiger partial charge in [0.2, 0.25) is 5.78 Å². The van der Waals surface area contributed by atoms with E-state index in [9.17, 15) is 14.4 Å². The van der Waals surface area contributed by atoms with Crippen LogP contribution in [0.1, 0.15) is 84.0 Å². The molecule has 0 N–H and O–H groups in total. The van der Waals surface area contributed by atoms with E-state index in [2.05, 4.69) is 11.7 Å². The molecular weight excluding hydrogens is 268 g/mol. The van der Waals surface area contributed by atoms with Gasteiger partial charge in [0.1, 0.15) is 6.42 Å². The molecule has 21 heavy (non-hydrogen) atoms. The molecule has 0 unspecified atom stereocenters.